The van der Waals surface area contributed by atoms with Crippen molar-refractivity contribution in [1.82, 2.24) is 20.1 Å². The van der Waals surface area contributed by atoms with Crippen LogP contribution in [0, 0.1) is 5.92 Å². The number of amides is 3. The van der Waals surface area contributed by atoms with E-state index in [0.29, 0.717) is 32.6 Å². The largest absolute Gasteiger partial charge is 0.354 e. The quantitative estimate of drug-likeness (QED) is 0.801. The van der Waals surface area contributed by atoms with Crippen molar-refractivity contribution in [2.75, 3.05) is 26.2 Å². The summed E-state index contributed by atoms with van der Waals surface area (Å²) in [5.41, 5.74) is 1.84. The minimum atomic E-state index is -0.290. The fourth-order valence-corrected chi connectivity index (χ4v) is 4.23. The minimum Gasteiger partial charge on any atom is -0.354 e. The maximum Gasteiger partial charge on any atom is 0.227 e. The Kier molecular flexibility index (Phi) is 7.14. The Morgan fingerprint density at radius 2 is 1.84 bits per heavy atom. The van der Waals surface area contributed by atoms with Gasteiger partial charge in [0.25, 0.3) is 0 Å². The van der Waals surface area contributed by atoms with Crippen LogP contribution in [0.1, 0.15) is 42.9 Å². The number of carbonyl (C=O) groups excluding carboxylic acids is 3. The number of hydrogen-bond acceptors (Lipinski definition) is 4. The molecular formula is C25H30N4O3. The van der Waals surface area contributed by atoms with Crippen molar-refractivity contribution in [3.8, 4) is 0 Å². The van der Waals surface area contributed by atoms with Crippen LogP contribution < -0.4 is 5.32 Å². The first-order chi connectivity index (χ1) is 15.6. The van der Waals surface area contributed by atoms with Gasteiger partial charge < -0.3 is 15.1 Å². The summed E-state index contributed by atoms with van der Waals surface area (Å²) in [6.45, 7) is 1.93. The second kappa shape index (κ2) is 10.4. The van der Waals surface area contributed by atoms with E-state index in [2.05, 4.69) is 10.3 Å². The molecule has 1 unspecified atom stereocenters. The van der Waals surface area contributed by atoms with Gasteiger partial charge in [-0.2, -0.15) is 0 Å². The van der Waals surface area contributed by atoms with Gasteiger partial charge >= 0.3 is 0 Å². The smallest absolute Gasteiger partial charge is 0.227 e. The molecule has 168 valence electrons. The summed E-state index contributed by atoms with van der Waals surface area (Å²) in [4.78, 5) is 46.6. The van der Waals surface area contributed by atoms with Gasteiger partial charge in [-0.3, -0.25) is 19.4 Å². The normalized spacial score (nSPS) is 20.2. The summed E-state index contributed by atoms with van der Waals surface area (Å²) in [6, 6.07) is 13.2. The molecule has 2 fully saturated rings. The summed E-state index contributed by atoms with van der Waals surface area (Å²) >= 11 is 0. The van der Waals surface area contributed by atoms with Gasteiger partial charge in [-0.25, -0.2) is 0 Å². The summed E-state index contributed by atoms with van der Waals surface area (Å²) < 4.78 is 0. The topological polar surface area (TPSA) is 82.6 Å². The summed E-state index contributed by atoms with van der Waals surface area (Å²) in [6.07, 6.45) is 6.40. The van der Waals surface area contributed by atoms with Gasteiger partial charge in [0.1, 0.15) is 0 Å². The molecule has 2 aromatic rings. The van der Waals surface area contributed by atoms with Gasteiger partial charge in [0, 0.05) is 44.5 Å². The zero-order valence-corrected chi connectivity index (χ0v) is 18.3. The first kappa shape index (κ1) is 22.0. The fourth-order valence-electron chi connectivity index (χ4n) is 4.23. The summed E-state index contributed by atoms with van der Waals surface area (Å²) in [7, 11) is 0. The molecule has 0 bridgehead atoms. The monoisotopic (exact) mass is 434 g/mol. The third-order valence-electron chi connectivity index (χ3n) is 6.11. The molecule has 1 aromatic carbocycles. The van der Waals surface area contributed by atoms with Crippen LogP contribution >= 0.6 is 0 Å². The number of carbonyl (C=O) groups is 3. The second-order valence-corrected chi connectivity index (χ2v) is 8.56. The molecule has 4 rings (SSSR count). The van der Waals surface area contributed by atoms with E-state index in [9.17, 15) is 14.4 Å². The van der Waals surface area contributed by atoms with Gasteiger partial charge in [-0.1, -0.05) is 36.4 Å². The van der Waals surface area contributed by atoms with E-state index in [1.807, 2.05) is 47.4 Å². The van der Waals surface area contributed by atoms with Gasteiger partial charge in [0.15, 0.2) is 0 Å². The predicted octanol–water partition coefficient (Wildman–Crippen LogP) is 2.34. The van der Waals surface area contributed by atoms with Crippen LogP contribution in [0.3, 0.4) is 0 Å². The molecule has 1 aliphatic heterocycles. The lowest BCUT2D eigenvalue weighted by Gasteiger charge is -2.32. The van der Waals surface area contributed by atoms with Crippen molar-refractivity contribution in [3.05, 3.63) is 66.0 Å². The first-order valence-corrected chi connectivity index (χ1v) is 11.4. The van der Waals surface area contributed by atoms with E-state index >= 15 is 0 Å². The molecule has 32 heavy (non-hydrogen) atoms. The molecule has 1 N–H and O–H groups in total. The average Bonchev–Trinajstić information content (AvgIpc) is 3.65. The Balaban J connectivity index is 1.51. The van der Waals surface area contributed by atoms with Crippen LogP contribution in [-0.2, 0) is 20.8 Å². The zero-order chi connectivity index (χ0) is 22.3. The second-order valence-electron chi connectivity index (χ2n) is 8.56. The van der Waals surface area contributed by atoms with Gasteiger partial charge in [0.2, 0.25) is 17.7 Å². The molecule has 2 aliphatic rings. The van der Waals surface area contributed by atoms with Crippen molar-refractivity contribution < 1.29 is 14.4 Å². The van der Waals surface area contributed by atoms with Crippen molar-refractivity contribution >= 4 is 17.7 Å². The van der Waals surface area contributed by atoms with Crippen molar-refractivity contribution in [2.24, 2.45) is 5.92 Å². The van der Waals surface area contributed by atoms with E-state index in [4.69, 9.17) is 0 Å². The van der Waals surface area contributed by atoms with E-state index in [0.717, 1.165) is 24.0 Å². The number of benzene rings is 1. The highest BCUT2D eigenvalue weighted by molar-refractivity contribution is 5.83. The molecule has 0 radical (unpaired) electrons. The number of pyridine rings is 1. The van der Waals surface area contributed by atoms with Crippen LogP contribution in [0.15, 0.2) is 54.9 Å². The van der Waals surface area contributed by atoms with Crippen LogP contribution in [0.2, 0.25) is 0 Å². The highest BCUT2D eigenvalue weighted by Crippen LogP contribution is 2.35. The summed E-state index contributed by atoms with van der Waals surface area (Å²) in [5.74, 6) is 0.0945. The van der Waals surface area contributed by atoms with E-state index < -0.39 is 0 Å². The van der Waals surface area contributed by atoms with Gasteiger partial charge in [0.05, 0.1) is 18.9 Å². The van der Waals surface area contributed by atoms with Gasteiger partial charge in [-0.15, -0.1) is 0 Å². The molecule has 1 atom stereocenters. The molecule has 0 spiro atoms. The Morgan fingerprint density at radius 3 is 2.56 bits per heavy atom. The standard InChI is InChI=1S/C25H30N4O3/c30-23-17-22(20-7-2-1-3-8-20)29(25(32)21-9-10-21)14-5-13-28(15-12-27-23)24(31)16-19-6-4-11-26-18-19/h1-4,6-8,11,18,21-22H,5,9-10,12-17H2,(H,27,30). The highest BCUT2D eigenvalue weighted by Gasteiger charge is 2.37. The maximum absolute atomic E-state index is 13.2. The Morgan fingerprint density at radius 1 is 1.03 bits per heavy atom. The Hall–Kier alpha value is -3.22. The average molecular weight is 435 g/mol. The van der Waals surface area contributed by atoms with Crippen LogP contribution in [0.4, 0.5) is 0 Å². The first-order valence-electron chi connectivity index (χ1n) is 11.4. The lowest BCUT2D eigenvalue weighted by atomic mass is 10.0. The van der Waals surface area contributed by atoms with Crippen molar-refractivity contribution in [2.45, 2.75) is 38.1 Å². The SMILES string of the molecule is O=C1CC(c2ccccc2)N(C(=O)C2CC2)CCCN(C(=O)Cc2cccnc2)CCN1. The molecule has 7 heteroatoms. The molecule has 1 saturated heterocycles. The van der Waals surface area contributed by atoms with Gasteiger partial charge in [-0.05, 0) is 36.5 Å². The molecular weight excluding hydrogens is 404 g/mol. The van der Waals surface area contributed by atoms with E-state index in [1.54, 1.807) is 17.3 Å². The van der Waals surface area contributed by atoms with Crippen molar-refractivity contribution in [3.63, 3.8) is 0 Å². The molecule has 7 nitrogen and oxygen atoms in total. The lowest BCUT2D eigenvalue weighted by Crippen LogP contribution is -2.40. The van der Waals surface area contributed by atoms with E-state index in [1.165, 1.54) is 0 Å². The number of nitrogens with zero attached hydrogens (tertiary/aromatic N) is 3. The summed E-state index contributed by atoms with van der Waals surface area (Å²) in [5, 5.41) is 2.95. The number of nitrogens with one attached hydrogen (secondary N) is 1. The van der Waals surface area contributed by atoms with Crippen molar-refractivity contribution in [1.29, 1.82) is 0 Å². The van der Waals surface area contributed by atoms with Crippen LogP contribution in [0.25, 0.3) is 0 Å². The molecule has 2 heterocycles. The third kappa shape index (κ3) is 5.72. The van der Waals surface area contributed by atoms with E-state index in [-0.39, 0.29) is 42.5 Å². The fraction of sp³-hybridized carbons (Fsp3) is 0.440. The van der Waals surface area contributed by atoms with Crippen LogP contribution in [-0.4, -0.2) is 58.7 Å². The molecule has 1 saturated carbocycles. The third-order valence-corrected chi connectivity index (χ3v) is 6.11. The Bertz CT molecular complexity index is 931. The highest BCUT2D eigenvalue weighted by atomic mass is 16.2. The molecule has 3 amide bonds. The molecule has 1 aromatic heterocycles. The lowest BCUT2D eigenvalue weighted by molar-refractivity contribution is -0.136. The minimum absolute atomic E-state index is 0.00572. The molecule has 1 aliphatic carbocycles. The zero-order valence-electron chi connectivity index (χ0n) is 18.3. The predicted molar refractivity (Wildman–Crippen MR) is 120 cm³/mol. The number of aromatic nitrogens is 1. The maximum atomic E-state index is 13.2. The van der Waals surface area contributed by atoms with Crippen LogP contribution in [0.5, 0.6) is 0 Å². The number of hydrogen-bond donors (Lipinski definition) is 1. The Labute approximate surface area is 188 Å². The number of rotatable bonds is 4.